The molecule has 0 heterocycles. The normalized spacial score (nSPS) is 25.1. The molecule has 0 spiro atoms. The molecular formula is C22H36O4. The zero-order valence-corrected chi connectivity index (χ0v) is 17.0. The van der Waals surface area contributed by atoms with Gasteiger partial charge in [-0.25, -0.2) is 0 Å². The van der Waals surface area contributed by atoms with E-state index >= 15 is 0 Å². The number of aliphatic hydroxyl groups is 2. The fourth-order valence-electron chi connectivity index (χ4n) is 3.82. The summed E-state index contributed by atoms with van der Waals surface area (Å²) >= 11 is 0. The Labute approximate surface area is 158 Å². The van der Waals surface area contributed by atoms with Crippen LogP contribution in [-0.4, -0.2) is 35.5 Å². The van der Waals surface area contributed by atoms with Gasteiger partial charge in [0.05, 0.1) is 12.7 Å². The summed E-state index contributed by atoms with van der Waals surface area (Å²) in [6.07, 6.45) is 9.09. The summed E-state index contributed by atoms with van der Waals surface area (Å²) in [5, 5.41) is 21.1. The lowest BCUT2D eigenvalue weighted by molar-refractivity contribution is -0.140. The third kappa shape index (κ3) is 7.46. The van der Waals surface area contributed by atoms with E-state index in [0.29, 0.717) is 6.42 Å². The topological polar surface area (TPSA) is 66.8 Å². The molecule has 4 heteroatoms. The smallest absolute Gasteiger partial charge is 0.302 e. The standard InChI is InChI=1S/C22H36O4/c1-15(2)8-6-10-17(4)22-20(13-23)19(14-26-18(5)24)11-7-9-16(3)12-21(22)25/h8-9,11,17,20-23,25H,6-7,10,12-14H2,1-5H3. The van der Waals surface area contributed by atoms with Crippen LogP contribution in [0.5, 0.6) is 0 Å². The van der Waals surface area contributed by atoms with Gasteiger partial charge in [-0.15, -0.1) is 0 Å². The van der Waals surface area contributed by atoms with Crippen LogP contribution in [0.4, 0.5) is 0 Å². The van der Waals surface area contributed by atoms with Crippen LogP contribution < -0.4 is 0 Å². The Morgan fingerprint density at radius 1 is 1.35 bits per heavy atom. The van der Waals surface area contributed by atoms with Crippen LogP contribution in [0.1, 0.15) is 60.3 Å². The van der Waals surface area contributed by atoms with Crippen molar-refractivity contribution in [2.75, 3.05) is 13.2 Å². The summed E-state index contributed by atoms with van der Waals surface area (Å²) in [6.45, 7) is 9.87. The minimum absolute atomic E-state index is 0.0547. The van der Waals surface area contributed by atoms with Gasteiger partial charge in [0.15, 0.2) is 0 Å². The van der Waals surface area contributed by atoms with E-state index < -0.39 is 6.10 Å². The maximum atomic E-state index is 11.3. The minimum Gasteiger partial charge on any atom is -0.461 e. The largest absolute Gasteiger partial charge is 0.461 e. The third-order valence-corrected chi connectivity index (χ3v) is 5.23. The number of carbonyl (C=O) groups excluding carboxylic acids is 1. The molecule has 0 aliphatic heterocycles. The van der Waals surface area contributed by atoms with Gasteiger partial charge in [0, 0.05) is 12.8 Å². The first-order chi connectivity index (χ1) is 12.3. The summed E-state index contributed by atoms with van der Waals surface area (Å²) in [6, 6.07) is 0. The van der Waals surface area contributed by atoms with Gasteiger partial charge in [-0.05, 0) is 63.9 Å². The van der Waals surface area contributed by atoms with Gasteiger partial charge in [-0.2, -0.15) is 0 Å². The van der Waals surface area contributed by atoms with Crippen molar-refractivity contribution in [3.63, 3.8) is 0 Å². The maximum absolute atomic E-state index is 11.3. The van der Waals surface area contributed by atoms with Crippen molar-refractivity contribution in [3.8, 4) is 0 Å². The Morgan fingerprint density at radius 3 is 2.62 bits per heavy atom. The molecule has 0 bridgehead atoms. The number of aliphatic hydroxyl groups excluding tert-OH is 2. The highest BCUT2D eigenvalue weighted by atomic mass is 16.5. The highest BCUT2D eigenvalue weighted by Crippen LogP contribution is 2.36. The third-order valence-electron chi connectivity index (χ3n) is 5.23. The molecule has 0 saturated heterocycles. The summed E-state index contributed by atoms with van der Waals surface area (Å²) in [7, 11) is 0. The lowest BCUT2D eigenvalue weighted by Gasteiger charge is -2.36. The van der Waals surface area contributed by atoms with Crippen molar-refractivity contribution < 1.29 is 19.7 Å². The van der Waals surface area contributed by atoms with Gasteiger partial charge in [-0.1, -0.05) is 36.3 Å². The molecule has 4 atom stereocenters. The Morgan fingerprint density at radius 2 is 2.04 bits per heavy atom. The summed E-state index contributed by atoms with van der Waals surface area (Å²) in [5.74, 6) is -0.369. The monoisotopic (exact) mass is 364 g/mol. The van der Waals surface area contributed by atoms with Crippen LogP contribution in [0.25, 0.3) is 0 Å². The van der Waals surface area contributed by atoms with Crippen molar-refractivity contribution in [2.45, 2.75) is 66.4 Å². The number of ether oxygens (including phenoxy) is 1. The predicted molar refractivity (Wildman–Crippen MR) is 106 cm³/mol. The highest BCUT2D eigenvalue weighted by molar-refractivity contribution is 5.66. The van der Waals surface area contributed by atoms with Crippen molar-refractivity contribution in [3.05, 3.63) is 34.9 Å². The molecule has 0 saturated carbocycles. The number of allylic oxidation sites excluding steroid dienone is 4. The molecular weight excluding hydrogens is 328 g/mol. The fourth-order valence-corrected chi connectivity index (χ4v) is 3.82. The number of esters is 1. The van der Waals surface area contributed by atoms with E-state index in [-0.39, 0.29) is 36.9 Å². The molecule has 4 unspecified atom stereocenters. The predicted octanol–water partition coefficient (Wildman–Crippen LogP) is 4.18. The summed E-state index contributed by atoms with van der Waals surface area (Å²) in [4.78, 5) is 11.3. The molecule has 4 nitrogen and oxygen atoms in total. The average Bonchev–Trinajstić information content (AvgIpc) is 2.59. The second-order valence-electron chi connectivity index (χ2n) is 7.82. The second-order valence-corrected chi connectivity index (χ2v) is 7.82. The van der Waals surface area contributed by atoms with Crippen LogP contribution in [0.3, 0.4) is 0 Å². The molecule has 148 valence electrons. The van der Waals surface area contributed by atoms with E-state index in [1.165, 1.54) is 12.5 Å². The minimum atomic E-state index is -0.524. The van der Waals surface area contributed by atoms with E-state index in [1.54, 1.807) is 0 Å². The molecule has 0 aromatic heterocycles. The first kappa shape index (κ1) is 22.7. The Balaban J connectivity index is 3.10. The van der Waals surface area contributed by atoms with Crippen LogP contribution in [0, 0.1) is 17.8 Å². The van der Waals surface area contributed by atoms with Gasteiger partial charge in [-0.3, -0.25) is 4.79 Å². The molecule has 0 aromatic rings. The van der Waals surface area contributed by atoms with E-state index in [9.17, 15) is 15.0 Å². The first-order valence-corrected chi connectivity index (χ1v) is 9.66. The second kappa shape index (κ2) is 11.3. The Kier molecular flexibility index (Phi) is 9.89. The van der Waals surface area contributed by atoms with Gasteiger partial charge in [0.1, 0.15) is 6.61 Å². The van der Waals surface area contributed by atoms with Crippen molar-refractivity contribution in [2.24, 2.45) is 17.8 Å². The number of carbonyl (C=O) groups is 1. The fraction of sp³-hybridized carbons (Fsp3) is 0.682. The molecule has 26 heavy (non-hydrogen) atoms. The maximum Gasteiger partial charge on any atom is 0.302 e. The first-order valence-electron chi connectivity index (χ1n) is 9.66. The van der Waals surface area contributed by atoms with Gasteiger partial charge in [0.25, 0.3) is 0 Å². The number of hydrogen-bond donors (Lipinski definition) is 2. The van der Waals surface area contributed by atoms with E-state index in [4.69, 9.17) is 4.74 Å². The van der Waals surface area contributed by atoms with Gasteiger partial charge >= 0.3 is 5.97 Å². The van der Waals surface area contributed by atoms with Gasteiger partial charge in [0.2, 0.25) is 0 Å². The molecule has 2 N–H and O–H groups in total. The number of hydrogen-bond acceptors (Lipinski definition) is 4. The highest BCUT2D eigenvalue weighted by Gasteiger charge is 2.35. The molecule has 0 radical (unpaired) electrons. The van der Waals surface area contributed by atoms with Crippen LogP contribution in [0.15, 0.2) is 34.9 Å². The molecule has 0 aromatic carbocycles. The van der Waals surface area contributed by atoms with Crippen LogP contribution in [-0.2, 0) is 9.53 Å². The van der Waals surface area contributed by atoms with E-state index in [0.717, 1.165) is 30.4 Å². The number of rotatable bonds is 7. The van der Waals surface area contributed by atoms with Crippen LogP contribution >= 0.6 is 0 Å². The lowest BCUT2D eigenvalue weighted by atomic mass is 9.73. The average molecular weight is 365 g/mol. The summed E-state index contributed by atoms with van der Waals surface area (Å²) < 4.78 is 5.22. The zero-order valence-electron chi connectivity index (χ0n) is 17.0. The zero-order chi connectivity index (χ0) is 19.7. The summed E-state index contributed by atoms with van der Waals surface area (Å²) in [5.41, 5.74) is 3.35. The van der Waals surface area contributed by atoms with Gasteiger partial charge < -0.3 is 14.9 Å². The quantitative estimate of drug-likeness (QED) is 0.525. The van der Waals surface area contributed by atoms with Crippen molar-refractivity contribution >= 4 is 5.97 Å². The SMILES string of the molecule is CC(=O)OCC1=CCC=C(C)CC(O)C(C(C)CCC=C(C)C)C1CO. The molecule has 1 rings (SSSR count). The lowest BCUT2D eigenvalue weighted by Crippen LogP contribution is -2.37. The van der Waals surface area contributed by atoms with Crippen LogP contribution in [0.2, 0.25) is 0 Å². The molecule has 1 aliphatic carbocycles. The van der Waals surface area contributed by atoms with Crippen molar-refractivity contribution in [1.82, 2.24) is 0 Å². The Hall–Kier alpha value is -1.39. The molecule has 1 aliphatic rings. The van der Waals surface area contributed by atoms with E-state index in [1.807, 2.05) is 13.0 Å². The van der Waals surface area contributed by atoms with E-state index in [2.05, 4.69) is 32.9 Å². The molecule has 0 amide bonds. The molecule has 0 fully saturated rings. The van der Waals surface area contributed by atoms with Crippen molar-refractivity contribution in [1.29, 1.82) is 0 Å². The Bertz CT molecular complexity index is 540.